The first-order valence-corrected chi connectivity index (χ1v) is 11.6. The van der Waals surface area contributed by atoms with Crippen LogP contribution in [-0.2, 0) is 20.7 Å². The van der Waals surface area contributed by atoms with Gasteiger partial charge in [-0.1, -0.05) is 54.6 Å². The summed E-state index contributed by atoms with van der Waals surface area (Å²) >= 11 is 0. The zero-order valence-corrected chi connectivity index (χ0v) is 19.9. The van der Waals surface area contributed by atoms with Crippen LogP contribution in [0.3, 0.4) is 0 Å². The molecular formula is C29H25N3O5. The summed E-state index contributed by atoms with van der Waals surface area (Å²) in [6, 6.07) is 25.6. The number of aromatic carboxylic acids is 1. The molecule has 0 radical (unpaired) electrons. The normalized spacial score (nSPS) is 10.5. The van der Waals surface area contributed by atoms with Crippen molar-refractivity contribution in [3.05, 3.63) is 114 Å². The number of nitrogens with one attached hydrogen (secondary N) is 2. The molecule has 0 saturated heterocycles. The molecule has 1 heterocycles. The van der Waals surface area contributed by atoms with E-state index >= 15 is 0 Å². The second-order valence-corrected chi connectivity index (χ2v) is 8.21. The van der Waals surface area contributed by atoms with Crippen molar-refractivity contribution < 1.29 is 24.2 Å². The average molecular weight is 496 g/mol. The molecule has 0 aliphatic carbocycles. The number of rotatable bonds is 10. The molecule has 4 rings (SSSR count). The molecule has 0 saturated carbocycles. The van der Waals surface area contributed by atoms with Crippen molar-refractivity contribution in [1.29, 1.82) is 0 Å². The Morgan fingerprint density at radius 2 is 1.38 bits per heavy atom. The van der Waals surface area contributed by atoms with Gasteiger partial charge in [0.15, 0.2) is 0 Å². The molecule has 1 aromatic heterocycles. The lowest BCUT2D eigenvalue weighted by molar-refractivity contribution is -0.125. The fourth-order valence-electron chi connectivity index (χ4n) is 3.78. The van der Waals surface area contributed by atoms with E-state index in [9.17, 15) is 19.5 Å². The van der Waals surface area contributed by atoms with Crippen molar-refractivity contribution in [3.63, 3.8) is 0 Å². The summed E-state index contributed by atoms with van der Waals surface area (Å²) in [5, 5.41) is 15.0. The van der Waals surface area contributed by atoms with Crippen molar-refractivity contribution >= 4 is 29.2 Å². The summed E-state index contributed by atoms with van der Waals surface area (Å²) in [4.78, 5) is 40.5. The fraction of sp³-hybridized carbons (Fsp3) is 0.103. The summed E-state index contributed by atoms with van der Waals surface area (Å²) in [5.41, 5.74) is 4.30. The Morgan fingerprint density at radius 1 is 0.730 bits per heavy atom. The third kappa shape index (κ3) is 7.09. The van der Waals surface area contributed by atoms with Crippen LogP contribution in [0, 0.1) is 0 Å². The predicted molar refractivity (Wildman–Crippen MR) is 140 cm³/mol. The minimum atomic E-state index is -1.18. The fourth-order valence-corrected chi connectivity index (χ4v) is 3.78. The number of benzene rings is 3. The minimum Gasteiger partial charge on any atom is -0.478 e. The van der Waals surface area contributed by atoms with Gasteiger partial charge in [0.1, 0.15) is 13.2 Å². The largest absolute Gasteiger partial charge is 0.478 e. The lowest BCUT2D eigenvalue weighted by atomic mass is 10.0. The lowest BCUT2D eigenvalue weighted by Gasteiger charge is -2.12. The monoisotopic (exact) mass is 495 g/mol. The van der Waals surface area contributed by atoms with E-state index in [0.29, 0.717) is 17.7 Å². The molecule has 0 unspecified atom stereocenters. The van der Waals surface area contributed by atoms with E-state index in [1.165, 1.54) is 12.1 Å². The molecule has 0 aliphatic heterocycles. The van der Waals surface area contributed by atoms with E-state index in [0.717, 1.165) is 16.7 Å². The van der Waals surface area contributed by atoms with Gasteiger partial charge in [0.25, 0.3) is 0 Å². The molecule has 0 aliphatic rings. The van der Waals surface area contributed by atoms with Gasteiger partial charge in [0, 0.05) is 18.1 Å². The zero-order chi connectivity index (χ0) is 26.0. The van der Waals surface area contributed by atoms with Crippen LogP contribution in [0.5, 0.6) is 0 Å². The summed E-state index contributed by atoms with van der Waals surface area (Å²) < 4.78 is 5.27. The second kappa shape index (κ2) is 12.2. The number of carbonyl (C=O) groups excluding carboxylic acids is 2. The molecule has 0 atom stereocenters. The Hall–Kier alpha value is -4.82. The molecule has 2 amide bonds. The highest BCUT2D eigenvalue weighted by molar-refractivity contribution is 6.02. The van der Waals surface area contributed by atoms with Gasteiger partial charge < -0.3 is 20.5 Å². The van der Waals surface area contributed by atoms with Gasteiger partial charge in [-0.05, 0) is 59.0 Å². The number of nitrogens with zero attached hydrogens (tertiary/aromatic N) is 1. The summed E-state index contributed by atoms with van der Waals surface area (Å²) in [6.45, 7) is -0.746. The first kappa shape index (κ1) is 25.3. The van der Waals surface area contributed by atoms with E-state index in [2.05, 4.69) is 15.6 Å². The number of pyridine rings is 1. The molecular weight excluding hydrogens is 470 g/mol. The van der Waals surface area contributed by atoms with E-state index in [-0.39, 0.29) is 17.9 Å². The zero-order valence-electron chi connectivity index (χ0n) is 19.9. The molecule has 0 spiro atoms. The number of para-hydroxylation sites is 1. The molecule has 0 fully saturated rings. The van der Waals surface area contributed by atoms with Crippen LogP contribution in [0.15, 0.2) is 97.3 Å². The van der Waals surface area contributed by atoms with Crippen LogP contribution in [-0.4, -0.2) is 41.1 Å². The minimum absolute atomic E-state index is 0.0598. The van der Waals surface area contributed by atoms with E-state index in [1.807, 2.05) is 54.6 Å². The maximum Gasteiger partial charge on any atom is 0.337 e. The molecule has 186 valence electrons. The van der Waals surface area contributed by atoms with Crippen molar-refractivity contribution in [1.82, 2.24) is 4.98 Å². The number of ether oxygens (including phenoxy) is 1. The molecule has 3 aromatic carbocycles. The van der Waals surface area contributed by atoms with Gasteiger partial charge in [0.2, 0.25) is 11.8 Å². The van der Waals surface area contributed by atoms with Crippen molar-refractivity contribution in [3.8, 4) is 11.1 Å². The Bertz CT molecular complexity index is 1390. The molecule has 8 nitrogen and oxygen atoms in total. The first-order valence-electron chi connectivity index (χ1n) is 11.6. The third-order valence-electron chi connectivity index (χ3n) is 5.53. The van der Waals surface area contributed by atoms with Crippen LogP contribution in [0.1, 0.15) is 21.5 Å². The second-order valence-electron chi connectivity index (χ2n) is 8.21. The third-order valence-corrected chi connectivity index (χ3v) is 5.53. The molecule has 37 heavy (non-hydrogen) atoms. The van der Waals surface area contributed by atoms with Crippen LogP contribution in [0.4, 0.5) is 11.4 Å². The Balaban J connectivity index is 1.31. The van der Waals surface area contributed by atoms with E-state index in [1.54, 1.807) is 30.6 Å². The van der Waals surface area contributed by atoms with E-state index < -0.39 is 24.4 Å². The number of hydrogen-bond acceptors (Lipinski definition) is 5. The van der Waals surface area contributed by atoms with Crippen LogP contribution >= 0.6 is 0 Å². The quantitative estimate of drug-likeness (QED) is 0.295. The number of anilines is 2. The number of carbonyl (C=O) groups is 3. The average Bonchev–Trinajstić information content (AvgIpc) is 2.91. The predicted octanol–water partition coefficient (Wildman–Crippen LogP) is 4.63. The van der Waals surface area contributed by atoms with Gasteiger partial charge >= 0.3 is 5.97 Å². The highest BCUT2D eigenvalue weighted by atomic mass is 16.5. The summed E-state index contributed by atoms with van der Waals surface area (Å²) in [6.07, 6.45) is 3.88. The van der Waals surface area contributed by atoms with Crippen molar-refractivity contribution in [2.45, 2.75) is 6.42 Å². The summed E-state index contributed by atoms with van der Waals surface area (Å²) in [5.74, 6) is -2.15. The number of amides is 2. The van der Waals surface area contributed by atoms with Gasteiger partial charge in [0.05, 0.1) is 11.3 Å². The number of aromatic nitrogens is 1. The highest BCUT2D eigenvalue weighted by Gasteiger charge is 2.15. The molecule has 3 N–H and O–H groups in total. The Labute approximate surface area is 214 Å². The SMILES string of the molecule is O=C(COCC(=O)Nc1ccc(-c2ccncc2)cc1C(=O)O)Nc1ccccc1Cc1ccccc1. The van der Waals surface area contributed by atoms with Crippen molar-refractivity contribution in [2.75, 3.05) is 23.8 Å². The maximum atomic E-state index is 12.4. The van der Waals surface area contributed by atoms with Gasteiger partial charge in [-0.15, -0.1) is 0 Å². The van der Waals surface area contributed by atoms with Crippen LogP contribution in [0.2, 0.25) is 0 Å². The number of hydrogen-bond donors (Lipinski definition) is 3. The Kier molecular flexibility index (Phi) is 8.36. The Morgan fingerprint density at radius 3 is 2.08 bits per heavy atom. The van der Waals surface area contributed by atoms with E-state index in [4.69, 9.17) is 4.74 Å². The lowest BCUT2D eigenvalue weighted by Crippen LogP contribution is -2.25. The molecule has 0 bridgehead atoms. The number of carboxylic acid groups (broad SMARTS) is 1. The van der Waals surface area contributed by atoms with Crippen LogP contribution < -0.4 is 10.6 Å². The molecule has 8 heteroatoms. The number of carboxylic acids is 1. The first-order chi connectivity index (χ1) is 18.0. The summed E-state index contributed by atoms with van der Waals surface area (Å²) in [7, 11) is 0. The maximum absolute atomic E-state index is 12.4. The van der Waals surface area contributed by atoms with Gasteiger partial charge in [-0.3, -0.25) is 14.6 Å². The molecule has 4 aromatic rings. The highest BCUT2D eigenvalue weighted by Crippen LogP contribution is 2.25. The van der Waals surface area contributed by atoms with Crippen LogP contribution in [0.25, 0.3) is 11.1 Å². The standard InChI is InChI=1S/C29H25N3O5/c33-27(31-25-9-5-4-8-23(25)16-20-6-2-1-3-7-20)18-37-19-28(34)32-26-11-10-22(17-24(26)29(35)36)21-12-14-30-15-13-21/h1-15,17H,16,18-19H2,(H,31,33)(H,32,34)(H,35,36). The van der Waals surface area contributed by atoms with Gasteiger partial charge in [-0.25, -0.2) is 4.79 Å². The van der Waals surface area contributed by atoms with Gasteiger partial charge in [-0.2, -0.15) is 0 Å². The van der Waals surface area contributed by atoms with Crippen molar-refractivity contribution in [2.24, 2.45) is 0 Å². The smallest absolute Gasteiger partial charge is 0.337 e. The topological polar surface area (TPSA) is 118 Å².